The van der Waals surface area contributed by atoms with Gasteiger partial charge in [-0.1, -0.05) is 149 Å². The molecule has 266 valence electrons. The van der Waals surface area contributed by atoms with Gasteiger partial charge in [0.1, 0.15) is 24.4 Å². The maximum Gasteiger partial charge on any atom is 0.187 e. The van der Waals surface area contributed by atoms with E-state index in [0.29, 0.717) is 50.8 Å². The third-order valence-corrected chi connectivity index (χ3v) is 10.1. The van der Waals surface area contributed by atoms with Crippen molar-refractivity contribution >= 4 is 0 Å². The van der Waals surface area contributed by atoms with Crippen LogP contribution < -0.4 is 0 Å². The Hall–Kier alpha value is -3.36. The first-order valence-electron chi connectivity index (χ1n) is 18.4. The molecular weight excluding hydrogens is 624 g/mol. The van der Waals surface area contributed by atoms with E-state index in [9.17, 15) is 0 Å². The summed E-state index contributed by atoms with van der Waals surface area (Å²) < 4.78 is 41.1. The van der Waals surface area contributed by atoms with Crippen molar-refractivity contribution < 1.29 is 28.4 Å². The summed E-state index contributed by atoms with van der Waals surface area (Å²) >= 11 is 0. The van der Waals surface area contributed by atoms with Crippen molar-refractivity contribution in [3.8, 4) is 0 Å². The van der Waals surface area contributed by atoms with Gasteiger partial charge in [0, 0.05) is 0 Å². The standard InChI is InChI=1S/C44H54O6/c1-32(2)38-25-24-33(3)26-39(38)49-44-43(48-30-37-22-14-7-15-23-37)42(47-29-36-20-12-6-13-21-36)41(46-28-35-18-10-5-11-19-35)40(50-44)31-45-27-34-16-8-4-9-17-34/h4-23,32-33,38-44H,24-31H2,1-3H3/t33?,38?,39?,40-,41+,42+,43-,44?/m1/s1. The fraction of sp³-hybridized carbons (Fsp3) is 0.455. The van der Waals surface area contributed by atoms with Gasteiger partial charge in [-0.2, -0.15) is 0 Å². The molecule has 6 heteroatoms. The average molecular weight is 679 g/mol. The van der Waals surface area contributed by atoms with Crippen molar-refractivity contribution in [2.75, 3.05) is 6.61 Å². The molecule has 1 aliphatic carbocycles. The zero-order valence-electron chi connectivity index (χ0n) is 29.8. The summed E-state index contributed by atoms with van der Waals surface area (Å²) in [6.45, 7) is 8.94. The second kappa shape index (κ2) is 18.8. The van der Waals surface area contributed by atoms with Crippen LogP contribution in [0.3, 0.4) is 0 Å². The van der Waals surface area contributed by atoms with E-state index in [1.54, 1.807) is 0 Å². The number of benzene rings is 4. The van der Waals surface area contributed by atoms with Crippen molar-refractivity contribution in [2.24, 2.45) is 17.8 Å². The van der Waals surface area contributed by atoms with E-state index < -0.39 is 30.7 Å². The average Bonchev–Trinajstić information content (AvgIpc) is 3.14. The summed E-state index contributed by atoms with van der Waals surface area (Å²) in [5.74, 6) is 1.52. The number of hydrogen-bond acceptors (Lipinski definition) is 6. The molecule has 4 aromatic rings. The molecule has 0 radical (unpaired) electrons. The molecule has 0 N–H and O–H groups in total. The molecule has 50 heavy (non-hydrogen) atoms. The van der Waals surface area contributed by atoms with E-state index in [2.05, 4.69) is 69.3 Å². The number of hydrogen-bond donors (Lipinski definition) is 0. The van der Waals surface area contributed by atoms with Gasteiger partial charge in [0.05, 0.1) is 39.1 Å². The fourth-order valence-electron chi connectivity index (χ4n) is 7.30. The second-order valence-electron chi connectivity index (χ2n) is 14.3. The molecule has 2 aliphatic rings. The van der Waals surface area contributed by atoms with Gasteiger partial charge in [0.2, 0.25) is 0 Å². The van der Waals surface area contributed by atoms with Gasteiger partial charge in [-0.15, -0.1) is 0 Å². The van der Waals surface area contributed by atoms with Crippen LogP contribution in [0.2, 0.25) is 0 Å². The van der Waals surface area contributed by atoms with E-state index in [-0.39, 0.29) is 6.10 Å². The van der Waals surface area contributed by atoms with Crippen LogP contribution in [0.1, 0.15) is 62.3 Å². The van der Waals surface area contributed by atoms with Gasteiger partial charge < -0.3 is 28.4 Å². The summed E-state index contributed by atoms with van der Waals surface area (Å²) in [5, 5.41) is 0. The molecule has 1 saturated carbocycles. The Morgan fingerprint density at radius 3 is 1.54 bits per heavy atom. The molecule has 6 nitrogen and oxygen atoms in total. The van der Waals surface area contributed by atoms with Crippen molar-refractivity contribution in [1.29, 1.82) is 0 Å². The molecule has 4 unspecified atom stereocenters. The van der Waals surface area contributed by atoms with Crippen LogP contribution in [0.4, 0.5) is 0 Å². The lowest BCUT2D eigenvalue weighted by Gasteiger charge is -2.48. The van der Waals surface area contributed by atoms with Crippen LogP contribution in [0.5, 0.6) is 0 Å². The Labute approximate surface area is 299 Å². The minimum absolute atomic E-state index is 0.0500. The largest absolute Gasteiger partial charge is 0.374 e. The maximum absolute atomic E-state index is 7.13. The lowest BCUT2D eigenvalue weighted by molar-refractivity contribution is -0.341. The lowest BCUT2D eigenvalue weighted by Crippen LogP contribution is -2.62. The van der Waals surface area contributed by atoms with Gasteiger partial charge in [-0.05, 0) is 52.8 Å². The van der Waals surface area contributed by atoms with Crippen molar-refractivity contribution in [3.63, 3.8) is 0 Å². The first-order chi connectivity index (χ1) is 24.5. The molecule has 0 bridgehead atoms. The van der Waals surface area contributed by atoms with Crippen LogP contribution >= 0.6 is 0 Å². The predicted octanol–water partition coefficient (Wildman–Crippen LogP) is 9.16. The highest BCUT2D eigenvalue weighted by Crippen LogP contribution is 2.39. The summed E-state index contributed by atoms with van der Waals surface area (Å²) in [6, 6.07) is 41.0. The SMILES string of the molecule is CC1CCC(C(C)C)C(OC2O[C@H](COCc3ccccc3)[C@H](OCc3ccccc3)[C@H](OCc3ccccc3)[C@H]2OCc2ccccc2)C1. The molecule has 8 atom stereocenters. The lowest BCUT2D eigenvalue weighted by atomic mass is 9.75. The first-order valence-corrected chi connectivity index (χ1v) is 18.4. The third-order valence-electron chi connectivity index (χ3n) is 10.1. The normalized spacial score (nSPS) is 27.0. The Bertz CT molecular complexity index is 1500. The second-order valence-corrected chi connectivity index (χ2v) is 14.3. The quantitative estimate of drug-likeness (QED) is 0.118. The Morgan fingerprint density at radius 2 is 1.04 bits per heavy atom. The number of ether oxygens (including phenoxy) is 6. The van der Waals surface area contributed by atoms with Crippen LogP contribution in [-0.2, 0) is 54.8 Å². The highest BCUT2D eigenvalue weighted by molar-refractivity contribution is 5.16. The van der Waals surface area contributed by atoms with Gasteiger partial charge in [0.25, 0.3) is 0 Å². The summed E-state index contributed by atoms with van der Waals surface area (Å²) in [6.07, 6.45) is 0.756. The molecule has 6 rings (SSSR count). The Balaban J connectivity index is 1.33. The van der Waals surface area contributed by atoms with Gasteiger partial charge in [-0.3, -0.25) is 0 Å². The van der Waals surface area contributed by atoms with Crippen LogP contribution in [-0.4, -0.2) is 43.4 Å². The zero-order chi connectivity index (χ0) is 34.5. The van der Waals surface area contributed by atoms with Gasteiger partial charge in [-0.25, -0.2) is 0 Å². The van der Waals surface area contributed by atoms with Crippen LogP contribution in [0.25, 0.3) is 0 Å². The molecule has 1 aliphatic heterocycles. The minimum Gasteiger partial charge on any atom is -0.374 e. The molecule has 4 aromatic carbocycles. The zero-order valence-corrected chi connectivity index (χ0v) is 29.8. The van der Waals surface area contributed by atoms with Gasteiger partial charge >= 0.3 is 0 Å². The maximum atomic E-state index is 7.13. The van der Waals surface area contributed by atoms with Crippen molar-refractivity contribution in [3.05, 3.63) is 144 Å². The Kier molecular flexibility index (Phi) is 13.7. The van der Waals surface area contributed by atoms with E-state index in [0.717, 1.165) is 35.1 Å². The van der Waals surface area contributed by atoms with E-state index >= 15 is 0 Å². The molecule has 0 spiro atoms. The third kappa shape index (κ3) is 10.3. The molecule has 0 aromatic heterocycles. The fourth-order valence-corrected chi connectivity index (χ4v) is 7.30. The Morgan fingerprint density at radius 1 is 0.580 bits per heavy atom. The summed E-state index contributed by atoms with van der Waals surface area (Å²) in [7, 11) is 0. The minimum atomic E-state index is -0.669. The molecule has 1 heterocycles. The van der Waals surface area contributed by atoms with Crippen molar-refractivity contribution in [1.82, 2.24) is 0 Å². The summed E-state index contributed by atoms with van der Waals surface area (Å²) in [4.78, 5) is 0. The monoisotopic (exact) mass is 678 g/mol. The molecule has 1 saturated heterocycles. The highest BCUT2D eigenvalue weighted by atomic mass is 16.7. The predicted molar refractivity (Wildman–Crippen MR) is 196 cm³/mol. The molecular formula is C44H54O6. The van der Waals surface area contributed by atoms with Crippen LogP contribution in [0, 0.1) is 17.8 Å². The summed E-state index contributed by atoms with van der Waals surface area (Å²) in [5.41, 5.74) is 4.34. The van der Waals surface area contributed by atoms with Crippen molar-refractivity contribution in [2.45, 2.75) is 103 Å². The topological polar surface area (TPSA) is 55.4 Å². The smallest absolute Gasteiger partial charge is 0.187 e. The van der Waals surface area contributed by atoms with E-state index in [1.807, 2.05) is 72.8 Å². The van der Waals surface area contributed by atoms with E-state index in [1.165, 1.54) is 6.42 Å². The highest BCUT2D eigenvalue weighted by Gasteiger charge is 2.50. The van der Waals surface area contributed by atoms with E-state index in [4.69, 9.17) is 28.4 Å². The van der Waals surface area contributed by atoms with Crippen LogP contribution in [0.15, 0.2) is 121 Å². The molecule has 0 amide bonds. The molecule has 2 fully saturated rings. The van der Waals surface area contributed by atoms with Gasteiger partial charge in [0.15, 0.2) is 6.29 Å². The first kappa shape index (κ1) is 36.4. The number of rotatable bonds is 16.